The molecule has 0 aliphatic carbocycles. The molecule has 0 rings (SSSR count). The van der Waals surface area contributed by atoms with Crippen LogP contribution in [0.2, 0.25) is 18.1 Å². The molecule has 1 nitrogen and oxygen atoms in total. The van der Waals surface area contributed by atoms with Crippen LogP contribution in [0, 0.1) is 5.92 Å². The molecule has 0 heterocycles. The zero-order valence-corrected chi connectivity index (χ0v) is 13.5. The molecule has 0 aromatic rings. The van der Waals surface area contributed by atoms with Crippen molar-refractivity contribution in [1.82, 2.24) is 0 Å². The molecule has 0 unspecified atom stereocenters. The molecule has 0 aromatic carbocycles. The SMILES string of the molecule is C=C(C)C[C@@H](C)[C@@H](C)O[Si](C)(C)C(C)(C)C. The highest BCUT2D eigenvalue weighted by Crippen LogP contribution is 2.38. The first-order valence-electron chi connectivity index (χ1n) is 6.29. The van der Waals surface area contributed by atoms with Gasteiger partial charge >= 0.3 is 0 Å². The van der Waals surface area contributed by atoms with E-state index in [1.54, 1.807) is 0 Å². The Morgan fingerprint density at radius 3 is 2.00 bits per heavy atom. The Hall–Kier alpha value is -0.0831. The summed E-state index contributed by atoms with van der Waals surface area (Å²) in [6.45, 7) is 22.0. The Balaban J connectivity index is 4.44. The Labute approximate surface area is 103 Å². The summed E-state index contributed by atoms with van der Waals surface area (Å²) >= 11 is 0. The second-order valence-electron chi connectivity index (χ2n) is 6.72. The van der Waals surface area contributed by atoms with Crippen LogP contribution in [0.4, 0.5) is 0 Å². The molecule has 0 aromatic heterocycles. The van der Waals surface area contributed by atoms with E-state index in [4.69, 9.17) is 4.43 Å². The Bertz CT molecular complexity index is 238. The summed E-state index contributed by atoms with van der Waals surface area (Å²) in [5.74, 6) is 0.562. The van der Waals surface area contributed by atoms with Crippen LogP contribution in [0.25, 0.3) is 0 Å². The second-order valence-corrected chi connectivity index (χ2v) is 11.5. The molecule has 96 valence electrons. The summed E-state index contributed by atoms with van der Waals surface area (Å²) in [4.78, 5) is 0. The Morgan fingerprint density at radius 2 is 1.69 bits per heavy atom. The Morgan fingerprint density at radius 1 is 1.25 bits per heavy atom. The fourth-order valence-corrected chi connectivity index (χ4v) is 2.99. The van der Waals surface area contributed by atoms with Gasteiger partial charge in [-0.05, 0) is 44.3 Å². The highest BCUT2D eigenvalue weighted by atomic mass is 28.4. The van der Waals surface area contributed by atoms with Crippen molar-refractivity contribution in [2.45, 2.75) is 72.2 Å². The van der Waals surface area contributed by atoms with Crippen molar-refractivity contribution >= 4 is 8.32 Å². The molecular formula is C14H30OSi. The summed E-state index contributed by atoms with van der Waals surface area (Å²) in [5.41, 5.74) is 1.25. The lowest BCUT2D eigenvalue weighted by Crippen LogP contribution is -2.44. The lowest BCUT2D eigenvalue weighted by Gasteiger charge is -2.40. The van der Waals surface area contributed by atoms with E-state index in [9.17, 15) is 0 Å². The number of hydrogen-bond donors (Lipinski definition) is 0. The average molecular weight is 242 g/mol. The normalized spacial score (nSPS) is 17.0. The maximum absolute atomic E-state index is 6.36. The van der Waals surface area contributed by atoms with Crippen LogP contribution in [-0.2, 0) is 4.43 Å². The molecule has 2 atom stereocenters. The lowest BCUT2D eigenvalue weighted by molar-refractivity contribution is 0.142. The van der Waals surface area contributed by atoms with Crippen LogP contribution in [-0.4, -0.2) is 14.4 Å². The van der Waals surface area contributed by atoms with Crippen molar-refractivity contribution in [3.63, 3.8) is 0 Å². The Kier molecular flexibility index (Phi) is 5.47. The van der Waals surface area contributed by atoms with E-state index < -0.39 is 8.32 Å². The molecule has 0 spiro atoms. The van der Waals surface area contributed by atoms with Crippen molar-refractivity contribution in [1.29, 1.82) is 0 Å². The molecule has 0 saturated heterocycles. The molecule has 16 heavy (non-hydrogen) atoms. The first-order chi connectivity index (χ1) is 6.97. The fourth-order valence-electron chi connectivity index (χ4n) is 1.47. The summed E-state index contributed by atoms with van der Waals surface area (Å²) in [7, 11) is -1.61. The van der Waals surface area contributed by atoms with Gasteiger partial charge in [-0.2, -0.15) is 0 Å². The minimum absolute atomic E-state index is 0.296. The van der Waals surface area contributed by atoms with Crippen LogP contribution in [0.3, 0.4) is 0 Å². The van der Waals surface area contributed by atoms with E-state index in [2.05, 4.69) is 61.2 Å². The van der Waals surface area contributed by atoms with Crippen LogP contribution in [0.15, 0.2) is 12.2 Å². The minimum Gasteiger partial charge on any atom is -0.414 e. The van der Waals surface area contributed by atoms with Crippen molar-refractivity contribution in [2.24, 2.45) is 5.92 Å². The van der Waals surface area contributed by atoms with Gasteiger partial charge in [-0.3, -0.25) is 0 Å². The van der Waals surface area contributed by atoms with Gasteiger partial charge in [-0.15, -0.1) is 6.58 Å². The summed E-state index contributed by atoms with van der Waals surface area (Å²) in [5, 5.41) is 0.296. The van der Waals surface area contributed by atoms with Crippen molar-refractivity contribution in [3.8, 4) is 0 Å². The zero-order chi connectivity index (χ0) is 13.1. The molecule has 0 aliphatic heterocycles. The van der Waals surface area contributed by atoms with Crippen LogP contribution >= 0.6 is 0 Å². The van der Waals surface area contributed by atoms with Gasteiger partial charge < -0.3 is 4.43 Å². The third-order valence-electron chi connectivity index (χ3n) is 3.76. The number of hydrogen-bond acceptors (Lipinski definition) is 1. The van der Waals surface area contributed by atoms with Crippen LogP contribution < -0.4 is 0 Å². The third-order valence-corrected chi connectivity index (χ3v) is 8.33. The summed E-state index contributed by atoms with van der Waals surface area (Å²) in [6, 6.07) is 0. The van der Waals surface area contributed by atoms with Gasteiger partial charge in [-0.1, -0.05) is 33.3 Å². The fraction of sp³-hybridized carbons (Fsp3) is 0.857. The monoisotopic (exact) mass is 242 g/mol. The van der Waals surface area contributed by atoms with E-state index in [0.29, 0.717) is 17.1 Å². The molecule has 0 amide bonds. The summed E-state index contributed by atoms with van der Waals surface area (Å²) < 4.78 is 6.36. The van der Waals surface area contributed by atoms with Gasteiger partial charge in [0.25, 0.3) is 0 Å². The quantitative estimate of drug-likeness (QED) is 0.487. The second kappa shape index (κ2) is 5.50. The van der Waals surface area contributed by atoms with Gasteiger partial charge in [0.15, 0.2) is 8.32 Å². The largest absolute Gasteiger partial charge is 0.414 e. The first kappa shape index (κ1) is 15.9. The van der Waals surface area contributed by atoms with Crippen molar-refractivity contribution < 1.29 is 4.43 Å². The van der Waals surface area contributed by atoms with Crippen LogP contribution in [0.5, 0.6) is 0 Å². The van der Waals surface area contributed by atoms with Gasteiger partial charge in [0, 0.05) is 6.10 Å². The van der Waals surface area contributed by atoms with E-state index in [0.717, 1.165) is 6.42 Å². The smallest absolute Gasteiger partial charge is 0.192 e. The van der Waals surface area contributed by atoms with E-state index in [1.165, 1.54) is 5.57 Å². The molecule has 0 fully saturated rings. The van der Waals surface area contributed by atoms with Gasteiger partial charge in [-0.25, -0.2) is 0 Å². The maximum Gasteiger partial charge on any atom is 0.192 e. The third kappa shape index (κ3) is 4.83. The molecule has 2 heteroatoms. The van der Waals surface area contributed by atoms with E-state index in [-0.39, 0.29) is 0 Å². The molecule has 0 radical (unpaired) electrons. The average Bonchev–Trinajstić information content (AvgIpc) is 1.99. The molecule has 0 aliphatic rings. The molecule has 0 bridgehead atoms. The topological polar surface area (TPSA) is 9.23 Å². The van der Waals surface area contributed by atoms with E-state index in [1.807, 2.05) is 0 Å². The zero-order valence-electron chi connectivity index (χ0n) is 12.5. The van der Waals surface area contributed by atoms with Crippen LogP contribution in [0.1, 0.15) is 48.0 Å². The highest BCUT2D eigenvalue weighted by Gasteiger charge is 2.39. The maximum atomic E-state index is 6.36. The predicted molar refractivity (Wildman–Crippen MR) is 76.3 cm³/mol. The van der Waals surface area contributed by atoms with Gasteiger partial charge in [0.05, 0.1) is 0 Å². The minimum atomic E-state index is -1.61. The van der Waals surface area contributed by atoms with Gasteiger partial charge in [0.1, 0.15) is 0 Å². The summed E-state index contributed by atoms with van der Waals surface area (Å²) in [6.07, 6.45) is 1.40. The number of rotatable bonds is 5. The standard InChI is InChI=1S/C14H30OSi/c1-11(2)10-12(3)13(4)15-16(8,9)14(5,6)7/h12-13H,1,10H2,2-9H3/t12-,13-/m1/s1. The van der Waals surface area contributed by atoms with Gasteiger partial charge in [0.2, 0.25) is 0 Å². The molecular weight excluding hydrogens is 212 g/mol. The number of allylic oxidation sites excluding steroid dienone is 1. The van der Waals surface area contributed by atoms with Crippen molar-refractivity contribution in [3.05, 3.63) is 12.2 Å². The molecule has 0 N–H and O–H groups in total. The first-order valence-corrected chi connectivity index (χ1v) is 9.20. The van der Waals surface area contributed by atoms with E-state index >= 15 is 0 Å². The highest BCUT2D eigenvalue weighted by molar-refractivity contribution is 6.74. The lowest BCUT2D eigenvalue weighted by atomic mass is 9.99. The van der Waals surface area contributed by atoms with Crippen molar-refractivity contribution in [2.75, 3.05) is 0 Å². The molecule has 0 saturated carbocycles. The predicted octanol–water partition coefficient (Wildman–Crippen LogP) is 5.00.